The third-order valence-corrected chi connectivity index (χ3v) is 6.80. The molecule has 0 amide bonds. The monoisotopic (exact) mass is 352 g/mol. The molecule has 0 spiro atoms. The third kappa shape index (κ3) is 14.8. The van der Waals surface area contributed by atoms with Crippen LogP contribution in [0.2, 0.25) is 0 Å². The Morgan fingerprint density at radius 3 is 1.08 bits per heavy atom. The normalized spacial score (nSPS) is 16.6. The second kappa shape index (κ2) is 17.4. The maximum atomic E-state index is 2.50. The van der Waals surface area contributed by atoms with Crippen molar-refractivity contribution in [1.29, 1.82) is 0 Å². The van der Waals surface area contributed by atoms with Crippen LogP contribution in [0.3, 0.4) is 0 Å². The van der Waals surface area contributed by atoms with Gasteiger partial charge in [-0.1, -0.05) is 138 Å². The molecule has 4 atom stereocenters. The summed E-state index contributed by atoms with van der Waals surface area (Å²) < 4.78 is 0. The van der Waals surface area contributed by atoms with Gasteiger partial charge in [0, 0.05) is 0 Å². The number of unbranched alkanes of at least 4 members (excludes halogenated alkanes) is 9. The van der Waals surface area contributed by atoms with Crippen molar-refractivity contribution in [1.82, 2.24) is 0 Å². The SMILES string of the molecule is CCCCCCCCCCC(C)C(C)CCC(C)C(C)CCCCC. The van der Waals surface area contributed by atoms with E-state index in [1.807, 2.05) is 0 Å². The Hall–Kier alpha value is 0. The minimum atomic E-state index is 0.912. The fourth-order valence-electron chi connectivity index (χ4n) is 3.98. The van der Waals surface area contributed by atoms with Crippen molar-refractivity contribution in [2.24, 2.45) is 23.7 Å². The van der Waals surface area contributed by atoms with Gasteiger partial charge in [-0.2, -0.15) is 0 Å². The van der Waals surface area contributed by atoms with E-state index in [-0.39, 0.29) is 0 Å². The molecule has 0 rings (SSSR count). The van der Waals surface area contributed by atoms with Crippen molar-refractivity contribution in [3.05, 3.63) is 0 Å². The molecule has 152 valence electrons. The summed E-state index contributed by atoms with van der Waals surface area (Å²) in [6.07, 6.45) is 21.6. The Morgan fingerprint density at radius 2 is 0.640 bits per heavy atom. The van der Waals surface area contributed by atoms with Crippen LogP contribution in [0.1, 0.15) is 138 Å². The zero-order chi connectivity index (χ0) is 18.9. The summed E-state index contributed by atoms with van der Waals surface area (Å²) in [6, 6.07) is 0. The molecule has 0 radical (unpaired) electrons. The molecule has 0 aliphatic heterocycles. The average molecular weight is 353 g/mol. The van der Waals surface area contributed by atoms with E-state index in [1.165, 1.54) is 96.3 Å². The predicted octanol–water partition coefficient (Wildman–Crippen LogP) is 9.42. The summed E-state index contributed by atoms with van der Waals surface area (Å²) in [7, 11) is 0. The molecule has 0 heterocycles. The minimum absolute atomic E-state index is 0.912. The van der Waals surface area contributed by atoms with Crippen LogP contribution in [0.5, 0.6) is 0 Å². The highest BCUT2D eigenvalue weighted by atomic mass is 14.2. The lowest BCUT2D eigenvalue weighted by atomic mass is 9.81. The standard InChI is InChI=1S/C25H52/c1-7-9-11-12-13-14-15-17-19-23(4)25(6)21-20-24(5)22(3)18-16-10-8-2/h22-25H,7-21H2,1-6H3. The van der Waals surface area contributed by atoms with Crippen LogP contribution in [-0.4, -0.2) is 0 Å². The quantitative estimate of drug-likeness (QED) is 0.215. The lowest BCUT2D eigenvalue weighted by molar-refractivity contribution is 0.269. The molecular formula is C25H52. The second-order valence-electron chi connectivity index (χ2n) is 9.25. The first-order valence-corrected chi connectivity index (χ1v) is 12.0. The van der Waals surface area contributed by atoms with Crippen LogP contribution in [-0.2, 0) is 0 Å². The summed E-state index contributed by atoms with van der Waals surface area (Å²) >= 11 is 0. The van der Waals surface area contributed by atoms with E-state index in [0.717, 1.165) is 23.7 Å². The van der Waals surface area contributed by atoms with E-state index >= 15 is 0 Å². The molecule has 0 fully saturated rings. The van der Waals surface area contributed by atoms with Gasteiger partial charge in [-0.05, 0) is 23.7 Å². The Kier molecular flexibility index (Phi) is 17.4. The Morgan fingerprint density at radius 1 is 0.360 bits per heavy atom. The van der Waals surface area contributed by atoms with Crippen molar-refractivity contribution < 1.29 is 0 Å². The number of rotatable bonds is 18. The molecule has 0 aliphatic carbocycles. The minimum Gasteiger partial charge on any atom is -0.0654 e. The van der Waals surface area contributed by atoms with Crippen molar-refractivity contribution in [2.75, 3.05) is 0 Å². The fraction of sp³-hybridized carbons (Fsp3) is 1.00. The zero-order valence-corrected chi connectivity index (χ0v) is 18.9. The predicted molar refractivity (Wildman–Crippen MR) is 117 cm³/mol. The van der Waals surface area contributed by atoms with Gasteiger partial charge in [0.2, 0.25) is 0 Å². The van der Waals surface area contributed by atoms with Crippen LogP contribution in [0.25, 0.3) is 0 Å². The third-order valence-electron chi connectivity index (χ3n) is 6.80. The Bertz CT molecular complexity index is 257. The maximum Gasteiger partial charge on any atom is -0.0417 e. The molecule has 0 heteroatoms. The summed E-state index contributed by atoms with van der Waals surface area (Å²) in [6.45, 7) is 14.6. The molecule has 0 aromatic heterocycles. The lowest BCUT2D eigenvalue weighted by Crippen LogP contribution is -2.13. The first kappa shape index (κ1) is 25.0. The van der Waals surface area contributed by atoms with E-state index in [1.54, 1.807) is 0 Å². The summed E-state index contributed by atoms with van der Waals surface area (Å²) in [5, 5.41) is 0. The van der Waals surface area contributed by atoms with Gasteiger partial charge in [0.05, 0.1) is 0 Å². The second-order valence-corrected chi connectivity index (χ2v) is 9.25. The van der Waals surface area contributed by atoms with E-state index in [0.29, 0.717) is 0 Å². The molecule has 0 saturated carbocycles. The molecule has 0 saturated heterocycles. The molecule has 25 heavy (non-hydrogen) atoms. The highest BCUT2D eigenvalue weighted by Gasteiger charge is 2.16. The molecule has 0 aromatic carbocycles. The van der Waals surface area contributed by atoms with Gasteiger partial charge >= 0.3 is 0 Å². The average Bonchev–Trinajstić information content (AvgIpc) is 2.61. The topological polar surface area (TPSA) is 0 Å². The zero-order valence-electron chi connectivity index (χ0n) is 18.9. The van der Waals surface area contributed by atoms with E-state index in [2.05, 4.69) is 41.5 Å². The van der Waals surface area contributed by atoms with E-state index < -0.39 is 0 Å². The van der Waals surface area contributed by atoms with Gasteiger partial charge in [0.15, 0.2) is 0 Å². The van der Waals surface area contributed by atoms with Crippen LogP contribution >= 0.6 is 0 Å². The highest BCUT2D eigenvalue weighted by molar-refractivity contribution is 4.68. The van der Waals surface area contributed by atoms with Crippen LogP contribution in [0.4, 0.5) is 0 Å². The molecule has 0 nitrogen and oxygen atoms in total. The first-order chi connectivity index (χ1) is 12.0. The largest absolute Gasteiger partial charge is 0.0654 e. The van der Waals surface area contributed by atoms with Gasteiger partial charge in [0.1, 0.15) is 0 Å². The van der Waals surface area contributed by atoms with Gasteiger partial charge in [0.25, 0.3) is 0 Å². The molecule has 0 bridgehead atoms. The van der Waals surface area contributed by atoms with Crippen molar-refractivity contribution in [2.45, 2.75) is 138 Å². The van der Waals surface area contributed by atoms with Gasteiger partial charge < -0.3 is 0 Å². The van der Waals surface area contributed by atoms with Crippen molar-refractivity contribution in [3.8, 4) is 0 Å². The van der Waals surface area contributed by atoms with Gasteiger partial charge in [-0.15, -0.1) is 0 Å². The first-order valence-electron chi connectivity index (χ1n) is 12.0. The van der Waals surface area contributed by atoms with E-state index in [4.69, 9.17) is 0 Å². The summed E-state index contributed by atoms with van der Waals surface area (Å²) in [5.74, 6) is 3.66. The van der Waals surface area contributed by atoms with Gasteiger partial charge in [-0.3, -0.25) is 0 Å². The molecule has 0 N–H and O–H groups in total. The summed E-state index contributed by atoms with van der Waals surface area (Å²) in [5.41, 5.74) is 0. The maximum absolute atomic E-state index is 2.50. The number of hydrogen-bond acceptors (Lipinski definition) is 0. The fourth-order valence-corrected chi connectivity index (χ4v) is 3.98. The number of hydrogen-bond donors (Lipinski definition) is 0. The molecule has 4 unspecified atom stereocenters. The van der Waals surface area contributed by atoms with Crippen LogP contribution in [0.15, 0.2) is 0 Å². The van der Waals surface area contributed by atoms with Gasteiger partial charge in [-0.25, -0.2) is 0 Å². The lowest BCUT2D eigenvalue weighted by Gasteiger charge is -2.24. The smallest absolute Gasteiger partial charge is 0.0417 e. The molecule has 0 aromatic rings. The van der Waals surface area contributed by atoms with Crippen molar-refractivity contribution >= 4 is 0 Å². The van der Waals surface area contributed by atoms with E-state index in [9.17, 15) is 0 Å². The summed E-state index contributed by atoms with van der Waals surface area (Å²) in [4.78, 5) is 0. The highest BCUT2D eigenvalue weighted by Crippen LogP contribution is 2.28. The van der Waals surface area contributed by atoms with Crippen molar-refractivity contribution in [3.63, 3.8) is 0 Å². The Labute approximate surface area is 161 Å². The Balaban J connectivity index is 3.65. The van der Waals surface area contributed by atoms with Crippen LogP contribution in [0, 0.1) is 23.7 Å². The molecular weight excluding hydrogens is 300 g/mol. The van der Waals surface area contributed by atoms with Crippen LogP contribution < -0.4 is 0 Å². The molecule has 0 aliphatic rings.